The number of halogens is 2. The summed E-state index contributed by atoms with van der Waals surface area (Å²) in [4.78, 5) is 14.2. The summed E-state index contributed by atoms with van der Waals surface area (Å²) in [6.45, 7) is 5.01. The van der Waals surface area contributed by atoms with E-state index in [0.29, 0.717) is 29.7 Å². The summed E-state index contributed by atoms with van der Waals surface area (Å²) in [5.74, 6) is 1.26. The molecule has 1 aromatic carbocycles. The maximum Gasteiger partial charge on any atom is 0.311 e. The molecule has 0 amide bonds. The van der Waals surface area contributed by atoms with E-state index in [4.69, 9.17) is 21.1 Å². The summed E-state index contributed by atoms with van der Waals surface area (Å²) in [5.41, 5.74) is 0.584. The Morgan fingerprint density at radius 2 is 1.91 bits per heavy atom. The van der Waals surface area contributed by atoms with Gasteiger partial charge in [-0.2, -0.15) is 0 Å². The number of rotatable bonds is 8. The zero-order valence-corrected chi connectivity index (χ0v) is 20.4. The molecule has 178 valence electrons. The van der Waals surface area contributed by atoms with Crippen molar-refractivity contribution in [1.29, 1.82) is 0 Å². The molecule has 4 nitrogen and oxygen atoms in total. The molecule has 3 saturated carbocycles. The van der Waals surface area contributed by atoms with Crippen LogP contribution in [0.15, 0.2) is 12.1 Å². The molecule has 0 heterocycles. The van der Waals surface area contributed by atoms with E-state index < -0.39 is 0 Å². The molecular weight excluding hydrogens is 429 g/mol. The van der Waals surface area contributed by atoms with Crippen molar-refractivity contribution in [1.82, 2.24) is 0 Å². The Bertz CT molecular complexity index is 820. The smallest absolute Gasteiger partial charge is 0.311 e. The Labute approximate surface area is 196 Å². The number of fused-ring (bicyclic) bond motifs is 2. The molecule has 2 bridgehead atoms. The van der Waals surface area contributed by atoms with Crippen molar-refractivity contribution < 1.29 is 18.7 Å². The molecular formula is C26H37ClFNO3. The number of carbonyl (C=O) groups is 1. The topological polar surface area (TPSA) is 38.8 Å². The van der Waals surface area contributed by atoms with Crippen LogP contribution in [0.2, 0.25) is 5.02 Å². The van der Waals surface area contributed by atoms with Gasteiger partial charge in [0.1, 0.15) is 11.6 Å². The lowest BCUT2D eigenvalue weighted by molar-refractivity contribution is -0.148. The highest BCUT2D eigenvalue weighted by Gasteiger charge is 2.43. The van der Waals surface area contributed by atoms with E-state index in [2.05, 4.69) is 6.92 Å². The molecule has 3 unspecified atom stereocenters. The molecule has 6 heteroatoms. The summed E-state index contributed by atoms with van der Waals surface area (Å²) < 4.78 is 26.6. The summed E-state index contributed by atoms with van der Waals surface area (Å²) in [7, 11) is 1.83. The van der Waals surface area contributed by atoms with Crippen LogP contribution in [0.1, 0.15) is 71.6 Å². The molecule has 1 aromatic rings. The van der Waals surface area contributed by atoms with E-state index in [1.165, 1.54) is 38.2 Å². The van der Waals surface area contributed by atoms with Crippen molar-refractivity contribution >= 4 is 23.3 Å². The Morgan fingerprint density at radius 1 is 1.19 bits per heavy atom. The van der Waals surface area contributed by atoms with E-state index in [1.807, 2.05) is 18.9 Å². The maximum atomic E-state index is 15.2. The number of anilines is 1. The standard InChI is InChI=1S/C26H37ClFNO3/c1-4-26(14-17-9-10-18(11-17)15-26)16-32-24-13-21(28)23(12-20(24)27)29(3)22-8-6-7-19(22)25(30)31-5-2/h12-13,17-19,22H,4-11,14-16H2,1-3H3/t17-,18+,19?,22?,26?. The molecule has 3 aliphatic carbocycles. The summed E-state index contributed by atoms with van der Waals surface area (Å²) in [5, 5.41) is 0.420. The minimum Gasteiger partial charge on any atom is -0.491 e. The van der Waals surface area contributed by atoms with Gasteiger partial charge in [0.05, 0.1) is 29.8 Å². The van der Waals surface area contributed by atoms with Gasteiger partial charge in [0.15, 0.2) is 0 Å². The van der Waals surface area contributed by atoms with E-state index in [1.54, 1.807) is 6.07 Å². The average Bonchev–Trinajstić information content (AvgIpc) is 3.40. The van der Waals surface area contributed by atoms with Crippen LogP contribution in [-0.4, -0.2) is 32.3 Å². The van der Waals surface area contributed by atoms with Gasteiger partial charge in [0.25, 0.3) is 0 Å². The second kappa shape index (κ2) is 9.79. The zero-order chi connectivity index (χ0) is 22.9. The largest absolute Gasteiger partial charge is 0.491 e. The fourth-order valence-corrected chi connectivity index (χ4v) is 6.82. The van der Waals surface area contributed by atoms with Gasteiger partial charge >= 0.3 is 5.97 Å². The molecule has 4 rings (SSSR count). The first-order chi connectivity index (χ1) is 15.4. The lowest BCUT2D eigenvalue weighted by Crippen LogP contribution is -2.39. The lowest BCUT2D eigenvalue weighted by Gasteiger charge is -2.40. The van der Waals surface area contributed by atoms with Crippen LogP contribution in [0, 0.1) is 29.0 Å². The summed E-state index contributed by atoms with van der Waals surface area (Å²) in [6, 6.07) is 2.98. The molecule has 5 atom stereocenters. The molecule has 0 N–H and O–H groups in total. The quantitative estimate of drug-likeness (QED) is 0.404. The Balaban J connectivity index is 1.46. The molecule has 0 spiro atoms. The number of nitrogens with zero attached hydrogens (tertiary/aromatic N) is 1. The van der Waals surface area contributed by atoms with E-state index in [0.717, 1.165) is 37.5 Å². The summed E-state index contributed by atoms with van der Waals surface area (Å²) in [6.07, 6.45) is 10.1. The van der Waals surface area contributed by atoms with E-state index in [9.17, 15) is 4.79 Å². The second-order valence-electron chi connectivity index (χ2n) is 10.3. The Kier molecular flexibility index (Phi) is 7.24. The van der Waals surface area contributed by atoms with Crippen molar-refractivity contribution in [2.75, 3.05) is 25.2 Å². The summed E-state index contributed by atoms with van der Waals surface area (Å²) >= 11 is 6.57. The number of hydrogen-bond acceptors (Lipinski definition) is 4. The third-order valence-corrected chi connectivity index (χ3v) is 8.62. The van der Waals surface area contributed by atoms with E-state index in [-0.39, 0.29) is 29.2 Å². The highest BCUT2D eigenvalue weighted by molar-refractivity contribution is 6.32. The fourth-order valence-electron chi connectivity index (χ4n) is 6.60. The number of hydrogen-bond donors (Lipinski definition) is 0. The van der Waals surface area contributed by atoms with Gasteiger partial charge in [-0.25, -0.2) is 4.39 Å². The van der Waals surface area contributed by atoms with Gasteiger partial charge in [-0.15, -0.1) is 0 Å². The van der Waals surface area contributed by atoms with Crippen LogP contribution in [0.4, 0.5) is 10.1 Å². The molecule has 3 fully saturated rings. The van der Waals surface area contributed by atoms with Gasteiger partial charge in [-0.1, -0.05) is 37.8 Å². The van der Waals surface area contributed by atoms with Crippen molar-refractivity contribution in [2.24, 2.45) is 23.2 Å². The fraction of sp³-hybridized carbons (Fsp3) is 0.731. The van der Waals surface area contributed by atoms with Crippen LogP contribution in [0.25, 0.3) is 0 Å². The van der Waals surface area contributed by atoms with E-state index >= 15 is 4.39 Å². The minimum atomic E-state index is -0.365. The Morgan fingerprint density at radius 3 is 2.56 bits per heavy atom. The van der Waals surface area contributed by atoms with Gasteiger partial charge in [0, 0.05) is 24.6 Å². The van der Waals surface area contributed by atoms with Crippen molar-refractivity contribution in [3.63, 3.8) is 0 Å². The number of carbonyl (C=O) groups excluding carboxylic acids is 1. The monoisotopic (exact) mass is 465 g/mol. The molecule has 0 radical (unpaired) electrons. The minimum absolute atomic E-state index is 0.0903. The number of esters is 1. The van der Waals surface area contributed by atoms with Gasteiger partial charge < -0.3 is 14.4 Å². The lowest BCUT2D eigenvalue weighted by atomic mass is 9.68. The molecule has 32 heavy (non-hydrogen) atoms. The van der Waals surface area contributed by atoms with Gasteiger partial charge in [-0.3, -0.25) is 4.79 Å². The predicted molar refractivity (Wildman–Crippen MR) is 126 cm³/mol. The van der Waals surface area contributed by atoms with Crippen LogP contribution in [-0.2, 0) is 9.53 Å². The Hall–Kier alpha value is -1.49. The first-order valence-electron chi connectivity index (χ1n) is 12.4. The number of ether oxygens (including phenoxy) is 2. The molecule has 3 aliphatic rings. The maximum absolute atomic E-state index is 15.2. The van der Waals surface area contributed by atoms with Gasteiger partial charge in [-0.05, 0) is 63.4 Å². The highest BCUT2D eigenvalue weighted by Crippen LogP contribution is 2.52. The molecule has 0 saturated heterocycles. The van der Waals surface area contributed by atoms with Crippen molar-refractivity contribution in [3.05, 3.63) is 23.0 Å². The van der Waals surface area contributed by atoms with Crippen LogP contribution >= 0.6 is 11.6 Å². The third kappa shape index (κ3) is 4.73. The van der Waals surface area contributed by atoms with Gasteiger partial charge in [0.2, 0.25) is 0 Å². The normalized spacial score (nSPS) is 31.5. The zero-order valence-electron chi connectivity index (χ0n) is 19.7. The SMILES string of the molecule is CCOC(=O)C1CCCC1N(C)c1cc(Cl)c(OCC2(CC)C[C@@H]3CC[C@@H](C3)C2)cc1F. The first-order valence-corrected chi connectivity index (χ1v) is 12.7. The molecule has 0 aliphatic heterocycles. The predicted octanol–water partition coefficient (Wildman–Crippen LogP) is 6.63. The third-order valence-electron chi connectivity index (χ3n) is 8.32. The average molecular weight is 466 g/mol. The second-order valence-corrected chi connectivity index (χ2v) is 10.7. The van der Waals surface area contributed by atoms with Crippen LogP contribution in [0.3, 0.4) is 0 Å². The van der Waals surface area contributed by atoms with Crippen molar-refractivity contribution in [3.8, 4) is 5.75 Å². The van der Waals surface area contributed by atoms with Crippen LogP contribution < -0.4 is 9.64 Å². The first kappa shape index (κ1) is 23.7. The highest BCUT2D eigenvalue weighted by atomic mass is 35.5. The van der Waals surface area contributed by atoms with Crippen LogP contribution in [0.5, 0.6) is 5.75 Å². The molecule has 0 aromatic heterocycles. The van der Waals surface area contributed by atoms with Crippen molar-refractivity contribution in [2.45, 2.75) is 77.7 Å². The number of benzene rings is 1.